The van der Waals surface area contributed by atoms with Gasteiger partial charge in [-0.1, -0.05) is 26.7 Å². The summed E-state index contributed by atoms with van der Waals surface area (Å²) < 4.78 is 10.9. The monoisotopic (exact) mass is 265 g/mol. The van der Waals surface area contributed by atoms with Crippen LogP contribution in [0.25, 0.3) is 0 Å². The van der Waals surface area contributed by atoms with Gasteiger partial charge in [0.1, 0.15) is 0 Å². The molecule has 3 nitrogen and oxygen atoms in total. The molecule has 0 saturated carbocycles. The Balaban J connectivity index is 2.78. The molecule has 1 rings (SSSR count). The average molecular weight is 265 g/mol. The highest BCUT2D eigenvalue weighted by Crippen LogP contribution is 2.30. The highest BCUT2D eigenvalue weighted by Gasteiger charge is 2.09. The third-order valence-corrected chi connectivity index (χ3v) is 3.11. The fourth-order valence-corrected chi connectivity index (χ4v) is 2.26. The molecule has 0 aliphatic rings. The Bertz CT molecular complexity index is 360. The molecule has 0 atom stereocenters. The smallest absolute Gasteiger partial charge is 0.163 e. The molecule has 1 aromatic carbocycles. The normalized spacial score (nSPS) is 10.6. The van der Waals surface area contributed by atoms with Gasteiger partial charge in [0, 0.05) is 17.8 Å². The van der Waals surface area contributed by atoms with E-state index in [4.69, 9.17) is 9.47 Å². The Morgan fingerprint density at radius 1 is 1.05 bits per heavy atom. The maximum Gasteiger partial charge on any atom is 0.163 e. The van der Waals surface area contributed by atoms with Gasteiger partial charge in [0.25, 0.3) is 0 Å². The van der Waals surface area contributed by atoms with Crippen molar-refractivity contribution in [2.45, 2.75) is 52.5 Å². The molecule has 0 fully saturated rings. The van der Waals surface area contributed by atoms with Crippen molar-refractivity contribution in [3.63, 3.8) is 0 Å². The number of hydrogen-bond donors (Lipinski definition) is 1. The molecule has 0 saturated heterocycles. The first-order valence-corrected chi connectivity index (χ1v) is 7.32. The lowest BCUT2D eigenvalue weighted by atomic mass is 10.1. The predicted octanol–water partition coefficient (Wildman–Crippen LogP) is 4.47. The molecule has 0 aromatic heterocycles. The molecule has 108 valence electrons. The SMILES string of the molecule is CCCC(CCC)Nc1ccc(OC)c(OCC)c1. The van der Waals surface area contributed by atoms with Crippen LogP contribution >= 0.6 is 0 Å². The van der Waals surface area contributed by atoms with E-state index in [1.807, 2.05) is 19.1 Å². The van der Waals surface area contributed by atoms with Crippen molar-refractivity contribution in [1.82, 2.24) is 0 Å². The molecule has 0 aliphatic heterocycles. The van der Waals surface area contributed by atoms with Crippen LogP contribution in [0.3, 0.4) is 0 Å². The topological polar surface area (TPSA) is 30.5 Å². The molecular weight excluding hydrogens is 238 g/mol. The van der Waals surface area contributed by atoms with E-state index in [0.717, 1.165) is 17.2 Å². The second-order valence-corrected chi connectivity index (χ2v) is 4.72. The van der Waals surface area contributed by atoms with E-state index in [-0.39, 0.29) is 0 Å². The van der Waals surface area contributed by atoms with Crippen molar-refractivity contribution in [3.8, 4) is 11.5 Å². The Morgan fingerprint density at radius 3 is 2.26 bits per heavy atom. The summed E-state index contributed by atoms with van der Waals surface area (Å²) in [6.07, 6.45) is 4.80. The Labute approximate surface area is 117 Å². The van der Waals surface area contributed by atoms with Gasteiger partial charge in [-0.15, -0.1) is 0 Å². The third kappa shape index (κ3) is 5.01. The summed E-state index contributed by atoms with van der Waals surface area (Å²) in [7, 11) is 1.67. The van der Waals surface area contributed by atoms with Gasteiger partial charge in [-0.25, -0.2) is 0 Å². The summed E-state index contributed by atoms with van der Waals surface area (Å²) in [6, 6.07) is 6.58. The standard InChI is InChI=1S/C16H27NO2/c1-5-8-13(9-6-2)17-14-10-11-15(18-4)16(12-14)19-7-3/h10-13,17H,5-9H2,1-4H3. The zero-order valence-electron chi connectivity index (χ0n) is 12.7. The molecular formula is C16H27NO2. The minimum Gasteiger partial charge on any atom is -0.493 e. The van der Waals surface area contributed by atoms with Gasteiger partial charge in [0.15, 0.2) is 11.5 Å². The van der Waals surface area contributed by atoms with Gasteiger partial charge in [0.2, 0.25) is 0 Å². The molecule has 3 heteroatoms. The second-order valence-electron chi connectivity index (χ2n) is 4.72. The Morgan fingerprint density at radius 2 is 1.74 bits per heavy atom. The van der Waals surface area contributed by atoms with Crippen LogP contribution in [0.5, 0.6) is 11.5 Å². The maximum absolute atomic E-state index is 5.61. The molecule has 0 spiro atoms. The minimum atomic E-state index is 0.540. The average Bonchev–Trinajstić information content (AvgIpc) is 2.40. The summed E-state index contributed by atoms with van der Waals surface area (Å²) in [5.41, 5.74) is 1.11. The summed E-state index contributed by atoms with van der Waals surface area (Å²) in [5, 5.41) is 3.60. The summed E-state index contributed by atoms with van der Waals surface area (Å²) in [5.74, 6) is 1.59. The fourth-order valence-electron chi connectivity index (χ4n) is 2.26. The Hall–Kier alpha value is -1.38. The van der Waals surface area contributed by atoms with Crippen molar-refractivity contribution in [2.75, 3.05) is 19.0 Å². The number of benzene rings is 1. The van der Waals surface area contributed by atoms with Crippen LogP contribution in [0.4, 0.5) is 5.69 Å². The number of hydrogen-bond acceptors (Lipinski definition) is 3. The second kappa shape index (κ2) is 8.68. The third-order valence-electron chi connectivity index (χ3n) is 3.11. The first-order valence-electron chi connectivity index (χ1n) is 7.32. The number of ether oxygens (including phenoxy) is 2. The summed E-state index contributed by atoms with van der Waals surface area (Å²) in [6.45, 7) is 7.08. The zero-order chi connectivity index (χ0) is 14.1. The summed E-state index contributed by atoms with van der Waals surface area (Å²) >= 11 is 0. The van der Waals surface area contributed by atoms with Crippen molar-refractivity contribution in [1.29, 1.82) is 0 Å². The van der Waals surface area contributed by atoms with Gasteiger partial charge in [-0.3, -0.25) is 0 Å². The largest absolute Gasteiger partial charge is 0.493 e. The quantitative estimate of drug-likeness (QED) is 0.714. The number of methoxy groups -OCH3 is 1. The number of anilines is 1. The fraction of sp³-hybridized carbons (Fsp3) is 0.625. The minimum absolute atomic E-state index is 0.540. The highest BCUT2D eigenvalue weighted by molar-refractivity contribution is 5.55. The van der Waals surface area contributed by atoms with Crippen molar-refractivity contribution in [2.24, 2.45) is 0 Å². The maximum atomic E-state index is 5.61. The number of nitrogens with one attached hydrogen (secondary N) is 1. The first-order chi connectivity index (χ1) is 9.24. The van der Waals surface area contributed by atoms with Gasteiger partial charge in [-0.05, 0) is 31.9 Å². The zero-order valence-corrected chi connectivity index (χ0v) is 12.7. The van der Waals surface area contributed by atoms with Gasteiger partial charge >= 0.3 is 0 Å². The highest BCUT2D eigenvalue weighted by atomic mass is 16.5. The van der Waals surface area contributed by atoms with E-state index in [9.17, 15) is 0 Å². The summed E-state index contributed by atoms with van der Waals surface area (Å²) in [4.78, 5) is 0. The van der Waals surface area contributed by atoms with Crippen molar-refractivity contribution >= 4 is 5.69 Å². The molecule has 1 N–H and O–H groups in total. The van der Waals surface area contributed by atoms with Crippen LogP contribution in [0, 0.1) is 0 Å². The molecule has 1 aromatic rings. The van der Waals surface area contributed by atoms with E-state index in [1.54, 1.807) is 7.11 Å². The van der Waals surface area contributed by atoms with Crippen molar-refractivity contribution in [3.05, 3.63) is 18.2 Å². The lowest BCUT2D eigenvalue weighted by molar-refractivity contribution is 0.311. The van der Waals surface area contributed by atoms with E-state index < -0.39 is 0 Å². The molecule has 0 radical (unpaired) electrons. The molecule has 0 heterocycles. The van der Waals surface area contributed by atoms with E-state index in [2.05, 4.69) is 25.2 Å². The van der Waals surface area contributed by atoms with E-state index in [0.29, 0.717) is 12.6 Å². The van der Waals surface area contributed by atoms with E-state index >= 15 is 0 Å². The molecule has 0 aliphatic carbocycles. The van der Waals surface area contributed by atoms with Gasteiger partial charge in [-0.2, -0.15) is 0 Å². The van der Waals surface area contributed by atoms with Crippen LogP contribution in [-0.2, 0) is 0 Å². The van der Waals surface area contributed by atoms with Crippen molar-refractivity contribution < 1.29 is 9.47 Å². The molecule has 0 unspecified atom stereocenters. The predicted molar refractivity (Wildman–Crippen MR) is 81.4 cm³/mol. The molecule has 0 amide bonds. The van der Waals surface area contributed by atoms with Gasteiger partial charge < -0.3 is 14.8 Å². The van der Waals surface area contributed by atoms with Crippen LogP contribution < -0.4 is 14.8 Å². The first kappa shape index (κ1) is 15.7. The van der Waals surface area contributed by atoms with E-state index in [1.165, 1.54) is 25.7 Å². The Kier molecular flexibility index (Phi) is 7.16. The van der Waals surface area contributed by atoms with Crippen LogP contribution in [-0.4, -0.2) is 19.8 Å². The molecule has 19 heavy (non-hydrogen) atoms. The number of rotatable bonds is 9. The lowest BCUT2D eigenvalue weighted by Gasteiger charge is -2.20. The van der Waals surface area contributed by atoms with Crippen LogP contribution in [0.1, 0.15) is 46.5 Å². The van der Waals surface area contributed by atoms with Crippen LogP contribution in [0.15, 0.2) is 18.2 Å². The lowest BCUT2D eigenvalue weighted by Crippen LogP contribution is -2.18. The van der Waals surface area contributed by atoms with Crippen LogP contribution in [0.2, 0.25) is 0 Å². The molecule has 0 bridgehead atoms. The van der Waals surface area contributed by atoms with Gasteiger partial charge in [0.05, 0.1) is 13.7 Å².